The van der Waals surface area contributed by atoms with E-state index in [2.05, 4.69) is 36.1 Å². The molecule has 2 aliphatic heterocycles. The van der Waals surface area contributed by atoms with E-state index in [0.717, 1.165) is 29.2 Å². The van der Waals surface area contributed by atoms with Crippen LogP contribution < -0.4 is 9.47 Å². The first-order valence-corrected chi connectivity index (χ1v) is 13.8. The molecule has 39 heavy (non-hydrogen) atoms. The number of fused-ring (bicyclic) bond motifs is 1. The fourth-order valence-electron chi connectivity index (χ4n) is 4.25. The van der Waals surface area contributed by atoms with E-state index in [1.54, 1.807) is 6.08 Å². The monoisotopic (exact) mass is 541 g/mol. The summed E-state index contributed by atoms with van der Waals surface area (Å²) in [7, 11) is 0. The molecule has 2 aliphatic rings. The quantitative estimate of drug-likeness (QED) is 0.314. The van der Waals surface area contributed by atoms with Crippen LogP contribution in [0.5, 0.6) is 11.5 Å². The number of para-hydroxylation sites is 1. The number of carbonyl (C=O) groups is 1. The summed E-state index contributed by atoms with van der Waals surface area (Å²) in [6.07, 6.45) is 4.72. The summed E-state index contributed by atoms with van der Waals surface area (Å²) >= 11 is 1.24. The van der Waals surface area contributed by atoms with Crippen LogP contribution in [0.3, 0.4) is 0 Å². The van der Waals surface area contributed by atoms with E-state index in [1.807, 2.05) is 66.2 Å². The van der Waals surface area contributed by atoms with Crippen molar-refractivity contribution in [3.05, 3.63) is 89.3 Å². The average molecular weight is 542 g/mol. The number of ether oxygens (including phenoxy) is 2. The van der Waals surface area contributed by atoms with E-state index in [9.17, 15) is 4.79 Å². The average Bonchev–Trinajstić information content (AvgIpc) is 3.57. The lowest BCUT2D eigenvalue weighted by Crippen LogP contribution is -2.35. The zero-order valence-corrected chi connectivity index (χ0v) is 23.1. The number of nitrogens with one attached hydrogen (secondary N) is 1. The second-order valence-corrected chi connectivity index (χ2v) is 10.5. The minimum absolute atomic E-state index is 0.00575. The van der Waals surface area contributed by atoms with Crippen LogP contribution in [0.2, 0.25) is 0 Å². The number of hydrogen-bond acceptors (Lipinski definition) is 6. The molecule has 0 spiro atoms. The number of amidine groups is 2. The topological polar surface area (TPSA) is 92.3 Å². The molecule has 0 radical (unpaired) electrons. The molecular formula is C30H31N5O3S. The standard InChI is InChI=1S/C30H31N5O3S/c1-4-20(2)22-11-13-24(14-12-22)37-17-16-34-15-7-9-23(34)18-25-28(31)35-30(32-29(25)36)39-27(33-35)19-38-26-10-6-5-8-21(26)3/h5-15,18,20,31H,4,16-17,19H2,1-3H3/b25-18-,31-28?. The number of nitrogens with zero attached hydrogens (tertiary/aromatic N) is 4. The van der Waals surface area contributed by atoms with Crippen LogP contribution in [-0.2, 0) is 11.3 Å². The van der Waals surface area contributed by atoms with E-state index in [0.29, 0.717) is 29.3 Å². The van der Waals surface area contributed by atoms with Crippen molar-refractivity contribution < 1.29 is 14.3 Å². The van der Waals surface area contributed by atoms with Gasteiger partial charge in [0.2, 0.25) is 5.17 Å². The zero-order valence-electron chi connectivity index (χ0n) is 22.3. The molecule has 0 saturated carbocycles. The van der Waals surface area contributed by atoms with Gasteiger partial charge in [0.25, 0.3) is 5.91 Å². The van der Waals surface area contributed by atoms with Gasteiger partial charge in [-0.2, -0.15) is 15.1 Å². The number of aliphatic imine (C=N–C) groups is 1. The van der Waals surface area contributed by atoms with Crippen LogP contribution in [0.15, 0.2) is 82.5 Å². The second-order valence-electron chi connectivity index (χ2n) is 9.42. The molecule has 9 heteroatoms. The minimum Gasteiger partial charge on any atom is -0.492 e. The predicted octanol–water partition coefficient (Wildman–Crippen LogP) is 6.09. The van der Waals surface area contributed by atoms with E-state index < -0.39 is 5.91 Å². The summed E-state index contributed by atoms with van der Waals surface area (Å²) in [5.41, 5.74) is 3.31. The number of hydrogen-bond donors (Lipinski definition) is 1. The Kier molecular flexibility index (Phi) is 7.97. The highest BCUT2D eigenvalue weighted by atomic mass is 32.2. The smallest absolute Gasteiger partial charge is 0.283 e. The number of rotatable bonds is 10. The molecule has 1 aromatic heterocycles. The molecule has 0 fully saturated rings. The molecule has 2 aromatic carbocycles. The molecular weight excluding hydrogens is 510 g/mol. The molecule has 0 aliphatic carbocycles. The molecule has 1 N–H and O–H groups in total. The number of aromatic nitrogens is 1. The number of aryl methyl sites for hydroxylation is 1. The highest BCUT2D eigenvalue weighted by molar-refractivity contribution is 8.27. The van der Waals surface area contributed by atoms with Crippen molar-refractivity contribution in [2.75, 3.05) is 13.2 Å². The molecule has 0 saturated heterocycles. The first kappa shape index (κ1) is 26.5. The number of hydrazone groups is 1. The van der Waals surface area contributed by atoms with Gasteiger partial charge in [-0.3, -0.25) is 10.2 Å². The Morgan fingerprint density at radius 1 is 1.08 bits per heavy atom. The van der Waals surface area contributed by atoms with Gasteiger partial charge in [-0.05, 0) is 78.6 Å². The first-order valence-electron chi connectivity index (χ1n) is 13.0. The van der Waals surface area contributed by atoms with Crippen molar-refractivity contribution in [1.82, 2.24) is 9.58 Å². The lowest BCUT2D eigenvalue weighted by atomic mass is 9.99. The maximum absolute atomic E-state index is 12.9. The van der Waals surface area contributed by atoms with Gasteiger partial charge in [0.15, 0.2) is 5.84 Å². The summed E-state index contributed by atoms with van der Waals surface area (Å²) in [4.78, 5) is 17.0. The molecule has 1 amide bonds. The SMILES string of the molecule is CCC(C)c1ccc(OCCn2cccc2/C=C2/C(=N)N3N=C(COc4ccccc4C)SC3=NC2=O)cc1. The van der Waals surface area contributed by atoms with Crippen molar-refractivity contribution in [3.8, 4) is 11.5 Å². The minimum atomic E-state index is -0.458. The Bertz CT molecular complexity index is 1470. The fourth-order valence-corrected chi connectivity index (χ4v) is 5.05. The molecule has 1 unspecified atom stereocenters. The van der Waals surface area contributed by atoms with E-state index in [4.69, 9.17) is 14.9 Å². The summed E-state index contributed by atoms with van der Waals surface area (Å²) in [5.74, 6) is 1.66. The third kappa shape index (κ3) is 5.98. The summed E-state index contributed by atoms with van der Waals surface area (Å²) in [5, 5.41) is 15.6. The van der Waals surface area contributed by atoms with Gasteiger partial charge in [0.05, 0.1) is 12.1 Å². The Hall–Kier alpha value is -4.11. The van der Waals surface area contributed by atoms with Crippen molar-refractivity contribution in [2.24, 2.45) is 10.1 Å². The summed E-state index contributed by atoms with van der Waals surface area (Å²) in [6, 6.07) is 19.8. The van der Waals surface area contributed by atoms with Crippen molar-refractivity contribution in [1.29, 1.82) is 5.41 Å². The van der Waals surface area contributed by atoms with Crippen LogP contribution >= 0.6 is 11.8 Å². The van der Waals surface area contributed by atoms with Gasteiger partial charge in [-0.25, -0.2) is 0 Å². The zero-order chi connectivity index (χ0) is 27.4. The molecule has 3 heterocycles. The number of amides is 1. The second kappa shape index (κ2) is 11.7. The van der Waals surface area contributed by atoms with Crippen molar-refractivity contribution in [2.45, 2.75) is 39.7 Å². The Morgan fingerprint density at radius 3 is 2.64 bits per heavy atom. The maximum atomic E-state index is 12.9. The van der Waals surface area contributed by atoms with Crippen LogP contribution in [0.1, 0.15) is 43.0 Å². The molecule has 3 aromatic rings. The van der Waals surface area contributed by atoms with Gasteiger partial charge in [-0.1, -0.05) is 44.2 Å². The van der Waals surface area contributed by atoms with Crippen LogP contribution in [0.4, 0.5) is 0 Å². The Labute approximate surface area is 232 Å². The largest absolute Gasteiger partial charge is 0.492 e. The van der Waals surface area contributed by atoms with Crippen LogP contribution in [-0.4, -0.2) is 44.7 Å². The van der Waals surface area contributed by atoms with E-state index >= 15 is 0 Å². The van der Waals surface area contributed by atoms with Crippen molar-refractivity contribution in [3.63, 3.8) is 0 Å². The van der Waals surface area contributed by atoms with Crippen LogP contribution in [0, 0.1) is 12.3 Å². The van der Waals surface area contributed by atoms with Gasteiger partial charge in [-0.15, -0.1) is 0 Å². The van der Waals surface area contributed by atoms with Gasteiger partial charge in [0, 0.05) is 11.9 Å². The van der Waals surface area contributed by atoms with Crippen LogP contribution in [0.25, 0.3) is 6.08 Å². The molecule has 5 rings (SSSR count). The summed E-state index contributed by atoms with van der Waals surface area (Å²) in [6.45, 7) is 7.67. The Morgan fingerprint density at radius 2 is 1.87 bits per heavy atom. The normalized spacial score (nSPS) is 16.7. The number of thioether (sulfide) groups is 1. The first-order chi connectivity index (χ1) is 18.9. The van der Waals surface area contributed by atoms with Gasteiger partial charge < -0.3 is 14.0 Å². The lowest BCUT2D eigenvalue weighted by molar-refractivity contribution is -0.114. The maximum Gasteiger partial charge on any atom is 0.283 e. The third-order valence-corrected chi connectivity index (χ3v) is 7.64. The molecule has 200 valence electrons. The van der Waals surface area contributed by atoms with Gasteiger partial charge >= 0.3 is 0 Å². The summed E-state index contributed by atoms with van der Waals surface area (Å²) < 4.78 is 13.8. The van der Waals surface area contributed by atoms with Gasteiger partial charge in [0.1, 0.15) is 29.8 Å². The predicted molar refractivity (Wildman–Crippen MR) is 157 cm³/mol. The van der Waals surface area contributed by atoms with Crippen molar-refractivity contribution >= 4 is 39.8 Å². The number of benzene rings is 2. The Balaban J connectivity index is 1.23. The van der Waals surface area contributed by atoms with E-state index in [-0.39, 0.29) is 18.0 Å². The molecule has 0 bridgehead atoms. The highest BCUT2D eigenvalue weighted by Gasteiger charge is 2.36. The van der Waals surface area contributed by atoms with E-state index in [1.165, 1.54) is 22.3 Å². The lowest BCUT2D eigenvalue weighted by Gasteiger charge is -2.20. The number of carbonyl (C=O) groups excluding carboxylic acids is 1. The third-order valence-electron chi connectivity index (χ3n) is 6.76. The fraction of sp³-hybridized carbons (Fsp3) is 0.267. The molecule has 1 atom stereocenters. The highest BCUT2D eigenvalue weighted by Crippen LogP contribution is 2.29. The molecule has 8 nitrogen and oxygen atoms in total.